The summed E-state index contributed by atoms with van der Waals surface area (Å²) in [4.78, 5) is 27.4. The van der Waals surface area contributed by atoms with Crippen molar-refractivity contribution >= 4 is 11.8 Å². The lowest BCUT2D eigenvalue weighted by Gasteiger charge is -2.35. The second-order valence-electron chi connectivity index (χ2n) is 8.02. The first-order chi connectivity index (χ1) is 13.7. The van der Waals surface area contributed by atoms with E-state index in [1.54, 1.807) is 6.20 Å². The lowest BCUT2D eigenvalue weighted by atomic mass is 9.85. The number of H-pyrrole nitrogens is 1. The highest BCUT2D eigenvalue weighted by Crippen LogP contribution is 2.33. The van der Waals surface area contributed by atoms with Gasteiger partial charge >= 0.3 is 0 Å². The number of amides is 2. The Morgan fingerprint density at radius 2 is 2.11 bits per heavy atom. The van der Waals surface area contributed by atoms with Crippen LogP contribution in [0.4, 0.5) is 0 Å². The molecule has 1 aliphatic heterocycles. The molecule has 2 amide bonds. The van der Waals surface area contributed by atoms with Crippen LogP contribution in [0.3, 0.4) is 0 Å². The maximum Gasteiger partial charge on any atom is 0.257 e. The van der Waals surface area contributed by atoms with Gasteiger partial charge in [0.25, 0.3) is 5.91 Å². The van der Waals surface area contributed by atoms with E-state index in [4.69, 9.17) is 4.74 Å². The van der Waals surface area contributed by atoms with E-state index in [1.807, 2.05) is 4.90 Å². The fraction of sp³-hybridized carbons (Fsp3) is 0.762. The third kappa shape index (κ3) is 5.34. The van der Waals surface area contributed by atoms with Crippen LogP contribution in [0, 0.1) is 0 Å². The van der Waals surface area contributed by atoms with E-state index < -0.39 is 0 Å². The molecule has 1 aromatic rings. The third-order valence-corrected chi connectivity index (χ3v) is 5.92. The van der Waals surface area contributed by atoms with E-state index >= 15 is 0 Å². The minimum absolute atomic E-state index is 0.0101. The molecule has 3 rings (SSSR count). The van der Waals surface area contributed by atoms with Gasteiger partial charge in [-0.2, -0.15) is 5.10 Å². The summed E-state index contributed by atoms with van der Waals surface area (Å²) >= 11 is 0. The molecule has 1 saturated carbocycles. The number of aromatic amines is 1. The van der Waals surface area contributed by atoms with Crippen LogP contribution in [0.25, 0.3) is 0 Å². The monoisotopic (exact) mass is 390 g/mol. The number of hydrogen-bond donors (Lipinski definition) is 2. The van der Waals surface area contributed by atoms with Crippen LogP contribution in [0.5, 0.6) is 0 Å². The van der Waals surface area contributed by atoms with Gasteiger partial charge in [0.05, 0.1) is 36.7 Å². The highest BCUT2D eigenvalue weighted by atomic mass is 16.5. The molecule has 0 aromatic carbocycles. The van der Waals surface area contributed by atoms with Crippen LogP contribution >= 0.6 is 0 Å². The number of carbonyl (C=O) groups is 2. The molecular weight excluding hydrogens is 356 g/mol. The SMILES string of the molecule is CCCCCNC(=O)C[C@@H]1COCCN1C(=O)c1cn[nH]c1C1CCCCC1. The molecule has 7 heteroatoms. The van der Waals surface area contributed by atoms with Gasteiger partial charge in [0.2, 0.25) is 5.91 Å². The second kappa shape index (κ2) is 10.6. The van der Waals surface area contributed by atoms with Gasteiger partial charge in [-0.05, 0) is 19.3 Å². The number of hydrogen-bond acceptors (Lipinski definition) is 4. The lowest BCUT2D eigenvalue weighted by molar-refractivity contribution is -0.123. The molecule has 2 aliphatic rings. The summed E-state index contributed by atoms with van der Waals surface area (Å²) in [5.41, 5.74) is 1.64. The van der Waals surface area contributed by atoms with Crippen molar-refractivity contribution in [1.29, 1.82) is 0 Å². The zero-order valence-corrected chi connectivity index (χ0v) is 17.0. The molecular formula is C21H34N4O3. The van der Waals surface area contributed by atoms with Gasteiger partial charge in [-0.3, -0.25) is 14.7 Å². The Morgan fingerprint density at radius 1 is 1.29 bits per heavy atom. The average Bonchev–Trinajstić information content (AvgIpc) is 3.22. The highest BCUT2D eigenvalue weighted by molar-refractivity contribution is 5.96. The summed E-state index contributed by atoms with van der Waals surface area (Å²) in [6.07, 6.45) is 11.1. The van der Waals surface area contributed by atoms with Crippen LogP contribution in [0.15, 0.2) is 6.20 Å². The summed E-state index contributed by atoms with van der Waals surface area (Å²) < 4.78 is 5.57. The zero-order chi connectivity index (χ0) is 19.8. The van der Waals surface area contributed by atoms with E-state index in [2.05, 4.69) is 22.4 Å². The van der Waals surface area contributed by atoms with E-state index in [0.29, 0.717) is 37.8 Å². The zero-order valence-electron chi connectivity index (χ0n) is 17.0. The molecule has 0 bridgehead atoms. The lowest BCUT2D eigenvalue weighted by Crippen LogP contribution is -2.50. The smallest absolute Gasteiger partial charge is 0.257 e. The van der Waals surface area contributed by atoms with Gasteiger partial charge in [-0.15, -0.1) is 0 Å². The van der Waals surface area contributed by atoms with E-state index in [9.17, 15) is 9.59 Å². The molecule has 1 atom stereocenters. The van der Waals surface area contributed by atoms with E-state index in [1.165, 1.54) is 19.3 Å². The number of nitrogens with zero attached hydrogens (tertiary/aromatic N) is 2. The molecule has 1 aromatic heterocycles. The molecule has 0 radical (unpaired) electrons. The Labute approximate surface area is 167 Å². The van der Waals surface area contributed by atoms with Gasteiger partial charge in [-0.1, -0.05) is 39.0 Å². The first-order valence-electron chi connectivity index (χ1n) is 10.9. The van der Waals surface area contributed by atoms with E-state index in [0.717, 1.165) is 37.8 Å². The molecule has 2 fully saturated rings. The number of rotatable bonds is 8. The van der Waals surface area contributed by atoms with E-state index in [-0.39, 0.29) is 24.3 Å². The fourth-order valence-corrected chi connectivity index (χ4v) is 4.30. The number of morpholine rings is 1. The third-order valence-electron chi connectivity index (χ3n) is 5.92. The summed E-state index contributed by atoms with van der Waals surface area (Å²) in [7, 11) is 0. The normalized spacial score (nSPS) is 20.9. The van der Waals surface area contributed by atoms with Crippen LogP contribution in [0.2, 0.25) is 0 Å². The van der Waals surface area contributed by atoms with Gasteiger partial charge in [0.15, 0.2) is 0 Å². The van der Waals surface area contributed by atoms with Crippen LogP contribution in [-0.2, 0) is 9.53 Å². The van der Waals surface area contributed by atoms with Crippen LogP contribution in [0.1, 0.15) is 86.7 Å². The van der Waals surface area contributed by atoms with Gasteiger partial charge in [-0.25, -0.2) is 0 Å². The summed E-state index contributed by atoms with van der Waals surface area (Å²) in [5, 5.41) is 10.2. The second-order valence-corrected chi connectivity index (χ2v) is 8.02. The first-order valence-corrected chi connectivity index (χ1v) is 10.9. The van der Waals surface area contributed by atoms with Gasteiger partial charge in [0, 0.05) is 25.4 Å². The molecule has 156 valence electrons. The predicted molar refractivity (Wildman–Crippen MR) is 107 cm³/mol. The molecule has 7 nitrogen and oxygen atoms in total. The molecule has 2 N–H and O–H groups in total. The van der Waals surface area contributed by atoms with Crippen LogP contribution in [-0.4, -0.2) is 59.3 Å². The summed E-state index contributed by atoms with van der Waals surface area (Å²) in [5.74, 6) is 0.349. The van der Waals surface area contributed by atoms with Gasteiger partial charge < -0.3 is 15.0 Å². The maximum absolute atomic E-state index is 13.3. The number of nitrogens with one attached hydrogen (secondary N) is 2. The van der Waals surface area contributed by atoms with Crippen molar-refractivity contribution in [2.45, 2.75) is 76.7 Å². The van der Waals surface area contributed by atoms with Crippen molar-refractivity contribution in [3.8, 4) is 0 Å². The Bertz CT molecular complexity index is 639. The molecule has 28 heavy (non-hydrogen) atoms. The predicted octanol–water partition coefficient (Wildman–Crippen LogP) is 2.99. The molecule has 2 heterocycles. The number of unbranched alkanes of at least 4 members (excludes halogenated alkanes) is 2. The Balaban J connectivity index is 1.63. The molecule has 1 aliphatic carbocycles. The van der Waals surface area contributed by atoms with Crippen molar-refractivity contribution in [1.82, 2.24) is 20.4 Å². The molecule has 1 saturated heterocycles. The van der Waals surface area contributed by atoms with Crippen molar-refractivity contribution in [3.05, 3.63) is 17.5 Å². The molecule has 0 spiro atoms. The van der Waals surface area contributed by atoms with Gasteiger partial charge in [0.1, 0.15) is 0 Å². The fourth-order valence-electron chi connectivity index (χ4n) is 4.30. The topological polar surface area (TPSA) is 87.3 Å². The minimum Gasteiger partial charge on any atom is -0.377 e. The van der Waals surface area contributed by atoms with Crippen molar-refractivity contribution in [3.63, 3.8) is 0 Å². The summed E-state index contributed by atoms with van der Waals surface area (Å²) in [6, 6.07) is -0.221. The number of aromatic nitrogens is 2. The first kappa shape index (κ1) is 20.8. The summed E-state index contributed by atoms with van der Waals surface area (Å²) in [6.45, 7) is 4.27. The standard InChI is InChI=1S/C21H34N4O3/c1-2-3-7-10-22-19(26)13-17-15-28-12-11-25(17)21(27)18-14-23-24-20(18)16-8-5-4-6-9-16/h14,16-17H,2-13,15H2,1H3,(H,22,26)(H,23,24)/t17-/m1/s1. The molecule has 0 unspecified atom stereocenters. The Kier molecular flexibility index (Phi) is 7.89. The van der Waals surface area contributed by atoms with Crippen molar-refractivity contribution < 1.29 is 14.3 Å². The van der Waals surface area contributed by atoms with Crippen LogP contribution < -0.4 is 5.32 Å². The van der Waals surface area contributed by atoms with Crippen molar-refractivity contribution in [2.75, 3.05) is 26.3 Å². The Morgan fingerprint density at radius 3 is 2.89 bits per heavy atom. The average molecular weight is 391 g/mol. The van der Waals surface area contributed by atoms with Crippen molar-refractivity contribution in [2.24, 2.45) is 0 Å². The largest absolute Gasteiger partial charge is 0.377 e. The quantitative estimate of drug-likeness (QED) is 0.668. The highest BCUT2D eigenvalue weighted by Gasteiger charge is 2.33. The Hall–Kier alpha value is -1.89. The minimum atomic E-state index is -0.221. The maximum atomic E-state index is 13.3. The number of ether oxygens (including phenoxy) is 1. The number of carbonyl (C=O) groups excluding carboxylic acids is 2.